The van der Waals surface area contributed by atoms with Gasteiger partial charge in [0.1, 0.15) is 0 Å². The van der Waals surface area contributed by atoms with Crippen molar-refractivity contribution in [3.8, 4) is 17.2 Å². The molecule has 0 fully saturated rings. The minimum atomic E-state index is -0.946. The minimum absolute atomic E-state index is 0.0946. The number of para-hydroxylation sites is 1. The predicted molar refractivity (Wildman–Crippen MR) is 71.7 cm³/mol. The average Bonchev–Trinajstić information content (AvgIpc) is 2.41. The minimum Gasteiger partial charge on any atom is -0.493 e. The van der Waals surface area contributed by atoms with E-state index in [1.807, 2.05) is 0 Å². The summed E-state index contributed by atoms with van der Waals surface area (Å²) in [4.78, 5) is 34.3. The maximum absolute atomic E-state index is 11.9. The van der Waals surface area contributed by atoms with Crippen LogP contribution in [-0.2, 0) is 9.59 Å². The molecule has 7 heteroatoms. The third kappa shape index (κ3) is 2.86. The van der Waals surface area contributed by atoms with Crippen LogP contribution in [0.15, 0.2) is 27.4 Å². The maximum Gasteiger partial charge on any atom is 0.383 e. The standard InChI is InChI=1S/C14H12O7/c1-7(15)19-12-9-5-4-6-10(18-3)11(9)21-14(17)13(12)20-8(2)16/h4-6H,1-3H3. The topological polar surface area (TPSA) is 92.0 Å². The average molecular weight is 292 g/mol. The van der Waals surface area contributed by atoms with Crippen molar-refractivity contribution < 1.29 is 28.2 Å². The lowest BCUT2D eigenvalue weighted by molar-refractivity contribution is -0.134. The summed E-state index contributed by atoms with van der Waals surface area (Å²) in [6, 6.07) is 4.74. The first-order chi connectivity index (χ1) is 9.93. The fourth-order valence-electron chi connectivity index (χ4n) is 1.79. The van der Waals surface area contributed by atoms with Gasteiger partial charge in [-0.05, 0) is 12.1 Å². The molecule has 7 nitrogen and oxygen atoms in total. The molecule has 0 aliphatic carbocycles. The first-order valence-corrected chi connectivity index (χ1v) is 5.94. The van der Waals surface area contributed by atoms with Gasteiger partial charge < -0.3 is 18.6 Å². The fraction of sp³-hybridized carbons (Fsp3) is 0.214. The molecule has 0 saturated carbocycles. The number of carbonyl (C=O) groups is 2. The lowest BCUT2D eigenvalue weighted by Gasteiger charge is -2.11. The molecule has 0 amide bonds. The van der Waals surface area contributed by atoms with Crippen molar-refractivity contribution in [2.45, 2.75) is 13.8 Å². The van der Waals surface area contributed by atoms with E-state index < -0.39 is 23.3 Å². The Hall–Kier alpha value is -2.83. The Kier molecular flexibility index (Phi) is 3.93. The number of benzene rings is 1. The van der Waals surface area contributed by atoms with Gasteiger partial charge >= 0.3 is 17.6 Å². The maximum atomic E-state index is 11.9. The predicted octanol–water partition coefficient (Wildman–Crippen LogP) is 1.65. The summed E-state index contributed by atoms with van der Waals surface area (Å²) in [6.45, 7) is 2.28. The van der Waals surface area contributed by atoms with Crippen LogP contribution in [0.1, 0.15) is 13.8 Å². The number of fused-ring (bicyclic) bond motifs is 1. The van der Waals surface area contributed by atoms with Gasteiger partial charge in [0.2, 0.25) is 0 Å². The summed E-state index contributed by atoms with van der Waals surface area (Å²) in [5, 5.41) is 0.278. The van der Waals surface area contributed by atoms with E-state index in [1.165, 1.54) is 7.11 Å². The second kappa shape index (κ2) is 5.66. The van der Waals surface area contributed by atoms with Crippen molar-refractivity contribution in [1.29, 1.82) is 0 Å². The molecule has 0 aliphatic rings. The highest BCUT2D eigenvalue weighted by atomic mass is 16.6. The van der Waals surface area contributed by atoms with Gasteiger partial charge in [0.25, 0.3) is 5.75 Å². The number of hydrogen-bond donors (Lipinski definition) is 0. The highest BCUT2D eigenvalue weighted by Gasteiger charge is 2.22. The molecule has 0 unspecified atom stereocenters. The third-order valence-corrected chi connectivity index (χ3v) is 2.52. The summed E-state index contributed by atoms with van der Waals surface area (Å²) in [5.41, 5.74) is -0.851. The molecular weight excluding hydrogens is 280 g/mol. The molecule has 0 spiro atoms. The number of rotatable bonds is 3. The zero-order valence-corrected chi connectivity index (χ0v) is 11.6. The van der Waals surface area contributed by atoms with E-state index >= 15 is 0 Å². The van der Waals surface area contributed by atoms with Crippen LogP contribution in [0.5, 0.6) is 17.2 Å². The first-order valence-electron chi connectivity index (χ1n) is 5.94. The Balaban J connectivity index is 2.83. The number of carbonyl (C=O) groups excluding carboxylic acids is 2. The molecular formula is C14H12O7. The van der Waals surface area contributed by atoms with Crippen LogP contribution >= 0.6 is 0 Å². The Morgan fingerprint density at radius 3 is 2.24 bits per heavy atom. The van der Waals surface area contributed by atoms with E-state index in [0.717, 1.165) is 13.8 Å². The zero-order valence-electron chi connectivity index (χ0n) is 11.6. The van der Waals surface area contributed by atoms with Gasteiger partial charge in [0, 0.05) is 13.8 Å². The van der Waals surface area contributed by atoms with Gasteiger partial charge in [0.05, 0.1) is 12.5 Å². The normalized spacial score (nSPS) is 10.2. The largest absolute Gasteiger partial charge is 0.493 e. The number of methoxy groups -OCH3 is 1. The number of ether oxygens (including phenoxy) is 3. The SMILES string of the molecule is COc1cccc2c(OC(C)=O)c(OC(C)=O)c(=O)oc12. The Labute approximate surface area is 119 Å². The molecule has 2 rings (SSSR count). The third-order valence-electron chi connectivity index (χ3n) is 2.52. The monoisotopic (exact) mass is 292 g/mol. The Morgan fingerprint density at radius 2 is 1.67 bits per heavy atom. The molecule has 0 N–H and O–H groups in total. The summed E-state index contributed by atoms with van der Waals surface area (Å²) >= 11 is 0. The van der Waals surface area contributed by atoms with E-state index in [1.54, 1.807) is 18.2 Å². The summed E-state index contributed by atoms with van der Waals surface area (Å²) in [6.07, 6.45) is 0. The molecule has 0 bridgehead atoms. The van der Waals surface area contributed by atoms with Crippen LogP contribution < -0.4 is 19.8 Å². The van der Waals surface area contributed by atoms with E-state index in [2.05, 4.69) is 0 Å². The first kappa shape index (κ1) is 14.6. The number of hydrogen-bond acceptors (Lipinski definition) is 7. The highest BCUT2D eigenvalue weighted by molar-refractivity contribution is 5.92. The number of esters is 2. The lowest BCUT2D eigenvalue weighted by Crippen LogP contribution is -2.15. The molecule has 0 aliphatic heterocycles. The van der Waals surface area contributed by atoms with Gasteiger partial charge in [-0.25, -0.2) is 4.79 Å². The van der Waals surface area contributed by atoms with Crippen LogP contribution in [0.2, 0.25) is 0 Å². The van der Waals surface area contributed by atoms with Crippen molar-refractivity contribution in [1.82, 2.24) is 0 Å². The molecule has 110 valence electrons. The summed E-state index contributed by atoms with van der Waals surface area (Å²) < 4.78 is 20.0. The van der Waals surface area contributed by atoms with Gasteiger partial charge in [-0.2, -0.15) is 0 Å². The van der Waals surface area contributed by atoms with E-state index in [9.17, 15) is 14.4 Å². The smallest absolute Gasteiger partial charge is 0.383 e. The van der Waals surface area contributed by atoms with E-state index in [0.29, 0.717) is 0 Å². The van der Waals surface area contributed by atoms with Crippen LogP contribution in [0.25, 0.3) is 11.0 Å². The molecule has 0 atom stereocenters. The van der Waals surface area contributed by atoms with Gasteiger partial charge in [-0.15, -0.1) is 0 Å². The highest BCUT2D eigenvalue weighted by Crippen LogP contribution is 2.36. The van der Waals surface area contributed by atoms with Gasteiger partial charge in [-0.3, -0.25) is 9.59 Å². The molecule has 1 aromatic heterocycles. The molecule has 2 aromatic rings. The molecule has 1 aromatic carbocycles. The van der Waals surface area contributed by atoms with Crippen LogP contribution in [0.4, 0.5) is 0 Å². The van der Waals surface area contributed by atoms with Gasteiger partial charge in [0.15, 0.2) is 17.1 Å². The van der Waals surface area contributed by atoms with Crippen LogP contribution in [0.3, 0.4) is 0 Å². The molecule has 0 saturated heterocycles. The van der Waals surface area contributed by atoms with Crippen LogP contribution in [-0.4, -0.2) is 19.0 Å². The van der Waals surface area contributed by atoms with E-state index in [4.69, 9.17) is 18.6 Å². The van der Waals surface area contributed by atoms with Crippen molar-refractivity contribution in [3.63, 3.8) is 0 Å². The Bertz CT molecular complexity index is 773. The zero-order chi connectivity index (χ0) is 15.6. The quantitative estimate of drug-likeness (QED) is 0.627. The van der Waals surface area contributed by atoms with Crippen molar-refractivity contribution in [2.75, 3.05) is 7.11 Å². The second-order valence-corrected chi connectivity index (χ2v) is 4.07. The van der Waals surface area contributed by atoms with Crippen molar-refractivity contribution in [2.24, 2.45) is 0 Å². The summed E-state index contributed by atoms with van der Waals surface area (Å²) in [7, 11) is 1.40. The van der Waals surface area contributed by atoms with Crippen LogP contribution in [0, 0.1) is 0 Å². The Morgan fingerprint density at radius 1 is 1.05 bits per heavy atom. The van der Waals surface area contributed by atoms with Crippen molar-refractivity contribution in [3.05, 3.63) is 28.6 Å². The second-order valence-electron chi connectivity index (χ2n) is 4.07. The molecule has 21 heavy (non-hydrogen) atoms. The fourth-order valence-corrected chi connectivity index (χ4v) is 1.79. The van der Waals surface area contributed by atoms with Crippen molar-refractivity contribution >= 4 is 22.9 Å². The molecule has 0 radical (unpaired) electrons. The molecule has 1 heterocycles. The summed E-state index contributed by atoms with van der Waals surface area (Å²) in [5.74, 6) is -1.77. The lowest BCUT2D eigenvalue weighted by atomic mass is 10.2. The van der Waals surface area contributed by atoms with Gasteiger partial charge in [-0.1, -0.05) is 6.07 Å². The van der Waals surface area contributed by atoms with E-state index in [-0.39, 0.29) is 22.5 Å².